The van der Waals surface area contributed by atoms with Crippen LogP contribution in [0.1, 0.15) is 16.7 Å². The normalized spacial score (nSPS) is 13.8. The van der Waals surface area contributed by atoms with Gasteiger partial charge in [-0.25, -0.2) is 0 Å². The molecule has 3 N–H and O–H groups in total. The van der Waals surface area contributed by atoms with Gasteiger partial charge in [-0.2, -0.15) is 8.42 Å². The second kappa shape index (κ2) is 7.87. The molecule has 3 aromatic carbocycles. The largest absolute Gasteiger partial charge is 0.504 e. The molecule has 0 saturated heterocycles. The van der Waals surface area contributed by atoms with E-state index in [1.54, 1.807) is 6.07 Å². The highest BCUT2D eigenvalue weighted by molar-refractivity contribution is 7.87. The van der Waals surface area contributed by atoms with E-state index in [9.17, 15) is 23.2 Å². The molecule has 0 aromatic heterocycles. The third-order valence-corrected chi connectivity index (χ3v) is 7.27. The summed E-state index contributed by atoms with van der Waals surface area (Å²) in [4.78, 5) is 0. The summed E-state index contributed by atoms with van der Waals surface area (Å²) in [5.74, 6) is -1.77. The van der Waals surface area contributed by atoms with Crippen LogP contribution >= 0.6 is 46.4 Å². The number of aromatic hydroxyl groups is 2. The molecule has 29 heavy (non-hydrogen) atoms. The molecule has 0 aliphatic heterocycles. The molecule has 0 bridgehead atoms. The van der Waals surface area contributed by atoms with Gasteiger partial charge in [0, 0.05) is 21.2 Å². The average Bonchev–Trinajstić information content (AvgIpc) is 2.66. The maximum absolute atomic E-state index is 13.0. The second-order valence-electron chi connectivity index (χ2n) is 6.04. The molecule has 3 rings (SSSR count). The zero-order valence-electron chi connectivity index (χ0n) is 14.3. The monoisotopic (exact) mass is 492 g/mol. The third kappa shape index (κ3) is 3.44. The third-order valence-electron chi connectivity index (χ3n) is 4.43. The van der Waals surface area contributed by atoms with Crippen molar-refractivity contribution in [2.45, 2.75) is 4.75 Å². The molecule has 10 heteroatoms. The van der Waals surface area contributed by atoms with Gasteiger partial charge in [0.2, 0.25) is 0 Å². The van der Waals surface area contributed by atoms with Crippen molar-refractivity contribution in [3.05, 3.63) is 91.4 Å². The number of halogens is 4. The van der Waals surface area contributed by atoms with E-state index in [2.05, 4.69) is 0 Å². The number of hydrogen-bond acceptors (Lipinski definition) is 4. The molecule has 0 radical (unpaired) electrons. The Hall–Kier alpha value is -1.67. The predicted octanol–water partition coefficient (Wildman–Crippen LogP) is 5.89. The molecular formula is C19H12Cl4O5S. The van der Waals surface area contributed by atoms with Gasteiger partial charge in [-0.1, -0.05) is 82.8 Å². The predicted molar refractivity (Wildman–Crippen MR) is 114 cm³/mol. The van der Waals surface area contributed by atoms with Gasteiger partial charge in [0.05, 0.1) is 5.02 Å². The SMILES string of the molecule is O=S(=O)(O)C(c1ccccc1)(c1cc(Cl)c(Cl)c(O)c1O)c1c(Cl)cccc1Cl. The first-order valence-corrected chi connectivity index (χ1v) is 10.9. The van der Waals surface area contributed by atoms with E-state index < -0.39 is 37.0 Å². The molecule has 0 saturated carbocycles. The number of phenolic OH excluding ortho intramolecular Hbond substituents is 2. The molecule has 0 aliphatic rings. The minimum absolute atomic E-state index is 0.00871. The Morgan fingerprint density at radius 3 is 1.83 bits per heavy atom. The highest BCUT2D eigenvalue weighted by Crippen LogP contribution is 2.55. The van der Waals surface area contributed by atoms with Crippen molar-refractivity contribution < 1.29 is 23.2 Å². The summed E-state index contributed by atoms with van der Waals surface area (Å²) >= 11 is 24.6. The smallest absolute Gasteiger partial charge is 0.283 e. The minimum Gasteiger partial charge on any atom is -0.504 e. The Balaban J connectivity index is 2.67. The second-order valence-corrected chi connectivity index (χ2v) is 9.20. The summed E-state index contributed by atoms with van der Waals surface area (Å²) in [7, 11) is -5.14. The van der Waals surface area contributed by atoms with E-state index in [-0.39, 0.29) is 26.2 Å². The molecular weight excluding hydrogens is 482 g/mol. The molecule has 0 aliphatic carbocycles. The van der Waals surface area contributed by atoms with E-state index in [0.29, 0.717) is 0 Å². The minimum atomic E-state index is -5.14. The number of phenols is 2. The van der Waals surface area contributed by atoms with Gasteiger partial charge >= 0.3 is 0 Å². The highest BCUT2D eigenvalue weighted by atomic mass is 35.5. The summed E-state index contributed by atoms with van der Waals surface area (Å²) in [6.07, 6.45) is 0. The van der Waals surface area contributed by atoms with E-state index in [1.165, 1.54) is 42.5 Å². The van der Waals surface area contributed by atoms with Crippen LogP contribution in [0.5, 0.6) is 11.5 Å². The lowest BCUT2D eigenvalue weighted by atomic mass is 9.83. The van der Waals surface area contributed by atoms with Crippen molar-refractivity contribution in [1.82, 2.24) is 0 Å². The number of hydrogen-bond donors (Lipinski definition) is 3. The maximum atomic E-state index is 13.0. The Bertz CT molecular complexity index is 1180. The molecule has 3 aromatic rings. The van der Waals surface area contributed by atoms with Gasteiger partial charge in [-0.15, -0.1) is 0 Å². The first-order chi connectivity index (χ1) is 13.5. The Morgan fingerprint density at radius 1 is 0.759 bits per heavy atom. The molecule has 1 atom stereocenters. The molecule has 0 spiro atoms. The van der Waals surface area contributed by atoms with E-state index in [1.807, 2.05) is 0 Å². The quantitative estimate of drug-likeness (QED) is 0.239. The zero-order chi connectivity index (χ0) is 21.6. The van der Waals surface area contributed by atoms with Crippen LogP contribution in [0.4, 0.5) is 0 Å². The lowest BCUT2D eigenvalue weighted by molar-refractivity contribution is 0.394. The van der Waals surface area contributed by atoms with Crippen LogP contribution in [-0.4, -0.2) is 23.2 Å². The van der Waals surface area contributed by atoms with Crippen LogP contribution in [0, 0.1) is 0 Å². The summed E-state index contributed by atoms with van der Waals surface area (Å²) < 4.78 is 33.9. The fraction of sp³-hybridized carbons (Fsp3) is 0.0526. The first-order valence-electron chi connectivity index (χ1n) is 7.91. The summed E-state index contributed by atoms with van der Waals surface area (Å²) in [6, 6.07) is 12.7. The fourth-order valence-electron chi connectivity index (χ4n) is 3.23. The standard InChI is InChI=1S/C19H12Cl4O5S/c20-12-7-4-8-13(21)15(12)19(29(26,27)28,10-5-2-1-3-6-10)11-9-14(22)16(23)18(25)17(11)24/h1-9,24-25H,(H,26,27,28). The zero-order valence-corrected chi connectivity index (χ0v) is 18.1. The van der Waals surface area contributed by atoms with Crippen LogP contribution in [0.15, 0.2) is 54.6 Å². The van der Waals surface area contributed by atoms with Gasteiger partial charge in [-0.05, 0) is 23.8 Å². The number of benzene rings is 3. The molecule has 5 nitrogen and oxygen atoms in total. The summed E-state index contributed by atoms with van der Waals surface area (Å²) in [5.41, 5.74) is -0.719. The topological polar surface area (TPSA) is 94.8 Å². The van der Waals surface area contributed by atoms with Crippen molar-refractivity contribution in [2.24, 2.45) is 0 Å². The van der Waals surface area contributed by atoms with Crippen molar-refractivity contribution in [1.29, 1.82) is 0 Å². The number of rotatable bonds is 4. The van der Waals surface area contributed by atoms with Gasteiger partial charge in [0.25, 0.3) is 10.1 Å². The van der Waals surface area contributed by atoms with Crippen LogP contribution in [0.3, 0.4) is 0 Å². The van der Waals surface area contributed by atoms with E-state index in [0.717, 1.165) is 6.07 Å². The lowest BCUT2D eigenvalue weighted by Crippen LogP contribution is -2.39. The maximum Gasteiger partial charge on any atom is 0.283 e. The molecule has 0 fully saturated rings. The van der Waals surface area contributed by atoms with Gasteiger partial charge < -0.3 is 10.2 Å². The first kappa shape index (κ1) is 22.0. The van der Waals surface area contributed by atoms with Crippen molar-refractivity contribution in [3.63, 3.8) is 0 Å². The van der Waals surface area contributed by atoms with Crippen LogP contribution in [-0.2, 0) is 14.9 Å². The Morgan fingerprint density at radius 2 is 1.31 bits per heavy atom. The Labute approximate surface area is 186 Å². The lowest BCUT2D eigenvalue weighted by Gasteiger charge is -2.34. The van der Waals surface area contributed by atoms with Gasteiger partial charge in [0.1, 0.15) is 5.02 Å². The average molecular weight is 494 g/mol. The van der Waals surface area contributed by atoms with Crippen LogP contribution < -0.4 is 0 Å². The molecule has 0 heterocycles. The van der Waals surface area contributed by atoms with Crippen LogP contribution in [0.2, 0.25) is 20.1 Å². The van der Waals surface area contributed by atoms with Crippen molar-refractivity contribution >= 4 is 56.5 Å². The van der Waals surface area contributed by atoms with Gasteiger partial charge in [-0.3, -0.25) is 4.55 Å². The molecule has 0 amide bonds. The summed E-state index contributed by atoms with van der Waals surface area (Å²) in [5, 5.41) is 20.0. The van der Waals surface area contributed by atoms with E-state index >= 15 is 0 Å². The molecule has 1 unspecified atom stereocenters. The van der Waals surface area contributed by atoms with E-state index in [4.69, 9.17) is 46.4 Å². The van der Waals surface area contributed by atoms with Gasteiger partial charge in [0.15, 0.2) is 16.2 Å². The highest BCUT2D eigenvalue weighted by Gasteiger charge is 2.53. The van der Waals surface area contributed by atoms with Crippen LogP contribution in [0.25, 0.3) is 0 Å². The van der Waals surface area contributed by atoms with Crippen molar-refractivity contribution in [2.75, 3.05) is 0 Å². The van der Waals surface area contributed by atoms with Crippen molar-refractivity contribution in [3.8, 4) is 11.5 Å². The fourth-order valence-corrected chi connectivity index (χ4v) is 5.71. The Kier molecular flexibility index (Phi) is 5.98. The summed E-state index contributed by atoms with van der Waals surface area (Å²) in [6.45, 7) is 0. The molecule has 152 valence electrons.